The lowest BCUT2D eigenvalue weighted by atomic mass is 9.89. The standard InChI is InChI=1S/C25H40O10/c1-3-5-10-24-30-14-22(15-31-24,16-32-24)12-28-20(26)8-7-9-21(27)29-13-23-17-33-25(34-18-23,35-19-23)11-6-4-2/h3-19H2,1-2H3. The normalized spacial score (nSPS) is 35.7. The van der Waals surface area contributed by atoms with Crippen LogP contribution in [0.1, 0.15) is 71.6 Å². The van der Waals surface area contributed by atoms with Crippen molar-refractivity contribution in [1.29, 1.82) is 0 Å². The highest BCUT2D eigenvalue weighted by Crippen LogP contribution is 2.42. The summed E-state index contributed by atoms with van der Waals surface area (Å²) in [5, 5.41) is 0. The van der Waals surface area contributed by atoms with Crippen molar-refractivity contribution < 1.29 is 47.5 Å². The molecular weight excluding hydrogens is 460 g/mol. The molecule has 0 spiro atoms. The number of unbranched alkanes of at least 4 members (excludes halogenated alkanes) is 2. The maximum Gasteiger partial charge on any atom is 0.305 e. The summed E-state index contributed by atoms with van der Waals surface area (Å²) in [6.07, 6.45) is 6.00. The first-order valence-electron chi connectivity index (χ1n) is 13.0. The molecule has 0 aromatic rings. The van der Waals surface area contributed by atoms with E-state index in [1.807, 2.05) is 0 Å². The number of ether oxygens (including phenoxy) is 8. The van der Waals surface area contributed by atoms with Gasteiger partial charge in [-0.3, -0.25) is 9.59 Å². The average molecular weight is 501 g/mol. The van der Waals surface area contributed by atoms with E-state index < -0.39 is 22.8 Å². The molecule has 4 bridgehead atoms. The molecule has 6 aliphatic rings. The first-order valence-corrected chi connectivity index (χ1v) is 13.0. The van der Waals surface area contributed by atoms with Crippen LogP contribution in [0.3, 0.4) is 0 Å². The Hall–Kier alpha value is -1.30. The molecule has 6 rings (SSSR count). The maximum absolute atomic E-state index is 12.2. The zero-order valence-corrected chi connectivity index (χ0v) is 21.1. The van der Waals surface area contributed by atoms with E-state index in [9.17, 15) is 9.59 Å². The minimum absolute atomic E-state index is 0.134. The van der Waals surface area contributed by atoms with Crippen molar-refractivity contribution in [2.45, 2.75) is 83.6 Å². The Morgan fingerprint density at radius 3 is 1.26 bits per heavy atom. The number of esters is 2. The Bertz CT molecular complexity index is 629. The van der Waals surface area contributed by atoms with Gasteiger partial charge in [-0.15, -0.1) is 0 Å². The lowest BCUT2D eigenvalue weighted by molar-refractivity contribution is -0.472. The van der Waals surface area contributed by atoms with Gasteiger partial charge in [0, 0.05) is 25.7 Å². The average Bonchev–Trinajstić information content (AvgIpc) is 2.91. The number of rotatable bonds is 14. The molecule has 0 radical (unpaired) electrons. The van der Waals surface area contributed by atoms with Gasteiger partial charge in [0.15, 0.2) is 0 Å². The predicted octanol–water partition coefficient (Wildman–Crippen LogP) is 3.06. The van der Waals surface area contributed by atoms with Crippen LogP contribution in [0, 0.1) is 10.8 Å². The fourth-order valence-electron chi connectivity index (χ4n) is 4.54. The van der Waals surface area contributed by atoms with Crippen molar-refractivity contribution in [3.8, 4) is 0 Å². The third kappa shape index (κ3) is 6.53. The van der Waals surface area contributed by atoms with E-state index in [1.54, 1.807) is 0 Å². The van der Waals surface area contributed by atoms with E-state index in [0.29, 0.717) is 58.9 Å². The quantitative estimate of drug-likeness (QED) is 0.330. The zero-order chi connectivity index (χ0) is 24.8. The molecule has 0 aliphatic carbocycles. The van der Waals surface area contributed by atoms with Crippen LogP contribution in [0.25, 0.3) is 0 Å². The van der Waals surface area contributed by atoms with Gasteiger partial charge >= 0.3 is 11.9 Å². The molecule has 0 amide bonds. The molecule has 6 fully saturated rings. The lowest BCUT2D eigenvalue weighted by Crippen LogP contribution is -2.61. The maximum atomic E-state index is 12.2. The van der Waals surface area contributed by atoms with Gasteiger partial charge in [-0.2, -0.15) is 0 Å². The number of fused-ring (bicyclic) bond motifs is 6. The highest BCUT2D eigenvalue weighted by molar-refractivity contribution is 5.72. The predicted molar refractivity (Wildman–Crippen MR) is 121 cm³/mol. The van der Waals surface area contributed by atoms with Crippen LogP contribution in [0.5, 0.6) is 0 Å². The second-order valence-electron chi connectivity index (χ2n) is 10.5. The molecule has 10 nitrogen and oxygen atoms in total. The Morgan fingerprint density at radius 2 is 0.943 bits per heavy atom. The van der Waals surface area contributed by atoms with E-state index in [1.165, 1.54) is 0 Å². The molecule has 6 aliphatic heterocycles. The molecule has 0 N–H and O–H groups in total. The van der Waals surface area contributed by atoms with E-state index in [-0.39, 0.29) is 38.0 Å². The van der Waals surface area contributed by atoms with Crippen LogP contribution in [-0.2, 0) is 47.5 Å². The SMILES string of the molecule is CCCCC12OCC(COC(=O)CCCC(=O)OCC34COC(CCCC)(OC3)OC4)(CO1)CO2. The highest BCUT2D eigenvalue weighted by atomic mass is 16.9. The van der Waals surface area contributed by atoms with Gasteiger partial charge in [-0.25, -0.2) is 0 Å². The first kappa shape index (κ1) is 26.8. The Balaban J connectivity index is 1.08. The highest BCUT2D eigenvalue weighted by Gasteiger charge is 2.54. The topological polar surface area (TPSA) is 108 Å². The lowest BCUT2D eigenvalue weighted by Gasteiger charge is -2.51. The van der Waals surface area contributed by atoms with Crippen molar-refractivity contribution in [2.75, 3.05) is 52.9 Å². The number of hydrogen-bond donors (Lipinski definition) is 0. The van der Waals surface area contributed by atoms with Gasteiger partial charge in [0.1, 0.15) is 13.2 Å². The number of carbonyl (C=O) groups excluding carboxylic acids is 2. The third-order valence-corrected chi connectivity index (χ3v) is 7.10. The van der Waals surface area contributed by atoms with Gasteiger partial charge in [0.2, 0.25) is 0 Å². The largest absolute Gasteiger partial charge is 0.465 e. The smallest absolute Gasteiger partial charge is 0.305 e. The molecular formula is C25H40O10. The summed E-state index contributed by atoms with van der Waals surface area (Å²) in [7, 11) is 0. The molecule has 0 atom stereocenters. The molecule has 0 unspecified atom stereocenters. The van der Waals surface area contributed by atoms with Crippen LogP contribution in [0.4, 0.5) is 0 Å². The van der Waals surface area contributed by atoms with Crippen molar-refractivity contribution >= 4 is 11.9 Å². The minimum atomic E-state index is -0.931. The van der Waals surface area contributed by atoms with Crippen LogP contribution < -0.4 is 0 Å². The van der Waals surface area contributed by atoms with Gasteiger partial charge in [-0.1, -0.05) is 26.7 Å². The zero-order valence-electron chi connectivity index (χ0n) is 21.1. The van der Waals surface area contributed by atoms with Crippen LogP contribution in [0.15, 0.2) is 0 Å². The number of hydrogen-bond acceptors (Lipinski definition) is 10. The molecule has 6 saturated heterocycles. The molecule has 35 heavy (non-hydrogen) atoms. The molecule has 0 saturated carbocycles. The summed E-state index contributed by atoms with van der Waals surface area (Å²) in [4.78, 5) is 24.4. The van der Waals surface area contributed by atoms with Gasteiger partial charge < -0.3 is 37.9 Å². The summed E-state index contributed by atoms with van der Waals surface area (Å²) < 4.78 is 45.8. The second kappa shape index (κ2) is 11.4. The third-order valence-electron chi connectivity index (χ3n) is 7.10. The van der Waals surface area contributed by atoms with Gasteiger partial charge in [0.25, 0.3) is 11.9 Å². The van der Waals surface area contributed by atoms with E-state index in [0.717, 1.165) is 25.7 Å². The Labute approximate surface area is 207 Å². The fraction of sp³-hybridized carbons (Fsp3) is 0.920. The molecule has 200 valence electrons. The summed E-state index contributed by atoms with van der Waals surface area (Å²) in [6.45, 7) is 7.18. The van der Waals surface area contributed by atoms with Crippen LogP contribution >= 0.6 is 0 Å². The van der Waals surface area contributed by atoms with Crippen LogP contribution in [-0.4, -0.2) is 76.7 Å². The Kier molecular flexibility index (Phi) is 8.71. The Morgan fingerprint density at radius 1 is 0.600 bits per heavy atom. The summed E-state index contributed by atoms with van der Waals surface area (Å²) in [6, 6.07) is 0. The molecule has 10 heteroatoms. The summed E-state index contributed by atoms with van der Waals surface area (Å²) in [5.41, 5.74) is -0.940. The first-order chi connectivity index (χ1) is 16.9. The van der Waals surface area contributed by atoms with Crippen molar-refractivity contribution in [3.05, 3.63) is 0 Å². The van der Waals surface area contributed by atoms with Gasteiger partial charge in [-0.05, 0) is 19.3 Å². The fourth-order valence-corrected chi connectivity index (χ4v) is 4.54. The van der Waals surface area contributed by atoms with Crippen LogP contribution in [0.2, 0.25) is 0 Å². The monoisotopic (exact) mass is 500 g/mol. The van der Waals surface area contributed by atoms with E-state index in [4.69, 9.17) is 37.9 Å². The second-order valence-corrected chi connectivity index (χ2v) is 10.5. The summed E-state index contributed by atoms with van der Waals surface area (Å²) >= 11 is 0. The van der Waals surface area contributed by atoms with E-state index in [2.05, 4.69) is 13.8 Å². The molecule has 0 aromatic carbocycles. The van der Waals surface area contributed by atoms with Crippen molar-refractivity contribution in [2.24, 2.45) is 10.8 Å². The van der Waals surface area contributed by atoms with E-state index >= 15 is 0 Å². The van der Waals surface area contributed by atoms with Crippen molar-refractivity contribution in [1.82, 2.24) is 0 Å². The summed E-state index contributed by atoms with van der Waals surface area (Å²) in [5.74, 6) is -2.59. The van der Waals surface area contributed by atoms with Gasteiger partial charge in [0.05, 0.1) is 50.5 Å². The molecule has 6 heterocycles. The molecule has 0 aromatic heterocycles. The van der Waals surface area contributed by atoms with Crippen molar-refractivity contribution in [3.63, 3.8) is 0 Å². The minimum Gasteiger partial charge on any atom is -0.465 e. The number of carbonyl (C=O) groups is 2.